The summed E-state index contributed by atoms with van der Waals surface area (Å²) in [4.78, 5) is 41.1. The van der Waals surface area contributed by atoms with E-state index in [2.05, 4.69) is 53.8 Å². The van der Waals surface area contributed by atoms with Gasteiger partial charge in [-0.3, -0.25) is 9.59 Å². The van der Waals surface area contributed by atoms with Gasteiger partial charge in [0.1, 0.15) is 6.04 Å². The van der Waals surface area contributed by atoms with Crippen LogP contribution in [0.3, 0.4) is 0 Å². The summed E-state index contributed by atoms with van der Waals surface area (Å²) in [5.74, 6) is -0.110. The first-order valence-electron chi connectivity index (χ1n) is 17.8. The number of aliphatic carboxylic acids is 1. The zero-order valence-electron chi connectivity index (χ0n) is 29.4. The van der Waals surface area contributed by atoms with Crippen molar-refractivity contribution in [3.8, 4) is 0 Å². The van der Waals surface area contributed by atoms with Gasteiger partial charge in [0, 0.05) is 17.8 Å². The molecule has 4 saturated carbocycles. The van der Waals surface area contributed by atoms with E-state index < -0.39 is 17.4 Å². The molecule has 0 spiro atoms. The lowest BCUT2D eigenvalue weighted by Crippen LogP contribution is -2.66. The van der Waals surface area contributed by atoms with E-state index in [9.17, 15) is 24.6 Å². The van der Waals surface area contributed by atoms with Gasteiger partial charge in [0.2, 0.25) is 5.91 Å². The number of allylic oxidation sites excluding steroid dienone is 2. The zero-order valence-corrected chi connectivity index (χ0v) is 29.4. The Balaban J connectivity index is 1.35. The van der Waals surface area contributed by atoms with E-state index in [4.69, 9.17) is 0 Å². The first-order valence-corrected chi connectivity index (χ1v) is 17.8. The van der Waals surface area contributed by atoms with E-state index >= 15 is 0 Å². The lowest BCUT2D eigenvalue weighted by Gasteiger charge is -2.70. The average Bonchev–Trinajstić information content (AvgIpc) is 2.96. The molecule has 252 valence electrons. The molecule has 0 heterocycles. The lowest BCUT2D eigenvalue weighted by molar-refractivity contribution is -0.197. The van der Waals surface area contributed by atoms with Gasteiger partial charge in [-0.15, -0.1) is 0 Å². The van der Waals surface area contributed by atoms with Crippen molar-refractivity contribution in [3.05, 3.63) is 47.5 Å². The quantitative estimate of drug-likeness (QED) is 0.315. The number of rotatable bonds is 5. The molecule has 6 heteroatoms. The monoisotopic (exact) mass is 631 g/mol. The predicted octanol–water partition coefficient (Wildman–Crippen LogP) is 7.39. The molecule has 1 aromatic rings. The third-order valence-corrected chi connectivity index (χ3v) is 15.1. The van der Waals surface area contributed by atoms with Gasteiger partial charge >= 0.3 is 5.97 Å². The van der Waals surface area contributed by atoms with Crippen LogP contribution in [0.25, 0.3) is 0 Å². The number of hydrogen-bond donors (Lipinski definition) is 3. The van der Waals surface area contributed by atoms with Gasteiger partial charge in [0.25, 0.3) is 0 Å². The van der Waals surface area contributed by atoms with Gasteiger partial charge in [-0.25, -0.2) is 4.79 Å². The van der Waals surface area contributed by atoms with Gasteiger partial charge in [-0.1, -0.05) is 91.3 Å². The van der Waals surface area contributed by atoms with E-state index in [0.717, 1.165) is 44.1 Å². The molecule has 0 saturated heterocycles. The standard InChI is InChI=1S/C40H57NO5/c1-24-22-37(5)19-18-36(4,34(46)41-27(33(44)45)20-25-12-10-9-11-13-25)23-40(37,8)26-21-28(42)32-38(6)17-15-30(43)35(2,3)29(38)14-16-39(32,7)31(24)26/h9-13,21,24,27,29-32,43H,14-20,22-23H2,1-8H3,(H,41,46)(H,44,45)/t24-,27?,29?,30-,31?,32?,36-,37+,38-,39-,40-/m0/s1. The van der Waals surface area contributed by atoms with E-state index in [1.165, 1.54) is 5.57 Å². The van der Waals surface area contributed by atoms with Crippen LogP contribution in [-0.4, -0.2) is 40.0 Å². The molecule has 5 aliphatic carbocycles. The van der Waals surface area contributed by atoms with Crippen LogP contribution in [0.4, 0.5) is 0 Å². The fraction of sp³-hybridized carbons (Fsp3) is 0.725. The highest BCUT2D eigenvalue weighted by Crippen LogP contribution is 2.75. The van der Waals surface area contributed by atoms with Crippen LogP contribution in [-0.2, 0) is 20.8 Å². The molecule has 11 atom stereocenters. The minimum absolute atomic E-state index is 0.0632. The molecule has 4 fully saturated rings. The molecule has 3 N–H and O–H groups in total. The molecule has 1 aromatic carbocycles. The highest BCUT2D eigenvalue weighted by Gasteiger charge is 2.70. The molecule has 6 nitrogen and oxygen atoms in total. The van der Waals surface area contributed by atoms with Crippen molar-refractivity contribution >= 4 is 17.7 Å². The van der Waals surface area contributed by atoms with Crippen molar-refractivity contribution in [1.82, 2.24) is 5.32 Å². The summed E-state index contributed by atoms with van der Waals surface area (Å²) in [6, 6.07) is 8.45. The first-order chi connectivity index (χ1) is 21.3. The SMILES string of the molecule is C[C@H]1C[C@@]2(C)CC[C@](C)(C(=O)NC(Cc3ccccc3)C(=O)O)C[C@@]2(C)C2=CC(=O)C3[C@@](C)(CCC4C(C)(C)[C@@H](O)CC[C@@]43C)C21. The summed E-state index contributed by atoms with van der Waals surface area (Å²) < 4.78 is 0. The number of benzene rings is 1. The third-order valence-electron chi connectivity index (χ3n) is 15.1. The van der Waals surface area contributed by atoms with Crippen LogP contribution >= 0.6 is 0 Å². The molecule has 0 bridgehead atoms. The minimum Gasteiger partial charge on any atom is -0.480 e. The molecule has 46 heavy (non-hydrogen) atoms. The van der Waals surface area contributed by atoms with Crippen LogP contribution in [0.2, 0.25) is 0 Å². The van der Waals surface area contributed by atoms with Crippen molar-refractivity contribution in [2.75, 3.05) is 0 Å². The Bertz CT molecular complexity index is 1450. The second-order valence-electron chi connectivity index (χ2n) is 18.3. The molecule has 4 unspecified atom stereocenters. The summed E-state index contributed by atoms with van der Waals surface area (Å²) >= 11 is 0. The number of amides is 1. The van der Waals surface area contributed by atoms with Gasteiger partial charge < -0.3 is 15.5 Å². The van der Waals surface area contributed by atoms with E-state index in [0.29, 0.717) is 24.7 Å². The molecular formula is C40H57NO5. The number of aliphatic hydroxyl groups is 1. The highest BCUT2D eigenvalue weighted by atomic mass is 16.4. The Morgan fingerprint density at radius 1 is 0.935 bits per heavy atom. The second-order valence-corrected chi connectivity index (χ2v) is 18.3. The second kappa shape index (κ2) is 10.8. The van der Waals surface area contributed by atoms with Gasteiger partial charge in [0.15, 0.2) is 5.78 Å². The Hall–Kier alpha value is -2.47. The topological polar surface area (TPSA) is 104 Å². The van der Waals surface area contributed by atoms with Crippen LogP contribution in [0.15, 0.2) is 42.0 Å². The highest BCUT2D eigenvalue weighted by molar-refractivity contribution is 5.95. The Morgan fingerprint density at radius 3 is 2.24 bits per heavy atom. The van der Waals surface area contributed by atoms with Crippen LogP contribution in [0.5, 0.6) is 0 Å². The first kappa shape index (κ1) is 33.4. The van der Waals surface area contributed by atoms with Crippen LogP contribution in [0, 0.1) is 56.2 Å². The number of nitrogens with one attached hydrogen (secondary N) is 1. The lowest BCUT2D eigenvalue weighted by atomic mass is 9.33. The zero-order chi connectivity index (χ0) is 33.7. The summed E-state index contributed by atoms with van der Waals surface area (Å²) in [5, 5.41) is 24.0. The van der Waals surface area contributed by atoms with Crippen molar-refractivity contribution in [1.29, 1.82) is 0 Å². The number of fused-ring (bicyclic) bond motifs is 7. The predicted molar refractivity (Wildman–Crippen MR) is 180 cm³/mol. The number of hydrogen-bond acceptors (Lipinski definition) is 4. The number of carbonyl (C=O) groups is 3. The van der Waals surface area contributed by atoms with E-state index in [1.807, 2.05) is 43.3 Å². The molecular weight excluding hydrogens is 574 g/mol. The number of carboxylic acids is 1. The Kier molecular flexibility index (Phi) is 7.83. The van der Waals surface area contributed by atoms with Crippen molar-refractivity contribution in [2.24, 2.45) is 56.2 Å². The minimum atomic E-state index is -1.03. The number of carboxylic acid groups (broad SMARTS) is 1. The van der Waals surface area contributed by atoms with Gasteiger partial charge in [-0.05, 0) is 108 Å². The molecule has 0 aromatic heterocycles. The fourth-order valence-corrected chi connectivity index (χ4v) is 12.7. The summed E-state index contributed by atoms with van der Waals surface area (Å²) in [5.41, 5.74) is 0.360. The largest absolute Gasteiger partial charge is 0.480 e. The van der Waals surface area contributed by atoms with Crippen molar-refractivity contribution in [2.45, 2.75) is 125 Å². The van der Waals surface area contributed by atoms with E-state index in [1.54, 1.807) is 0 Å². The van der Waals surface area contributed by atoms with Crippen molar-refractivity contribution in [3.63, 3.8) is 0 Å². The maximum Gasteiger partial charge on any atom is 0.326 e. The Morgan fingerprint density at radius 2 is 1.59 bits per heavy atom. The number of carbonyl (C=O) groups excluding carboxylic acids is 2. The van der Waals surface area contributed by atoms with Crippen LogP contribution in [0.1, 0.15) is 112 Å². The van der Waals surface area contributed by atoms with E-state index in [-0.39, 0.29) is 63.1 Å². The fourth-order valence-electron chi connectivity index (χ4n) is 12.7. The molecule has 6 rings (SSSR count). The van der Waals surface area contributed by atoms with Gasteiger partial charge in [0.05, 0.1) is 6.10 Å². The average molecular weight is 632 g/mol. The molecule has 0 radical (unpaired) electrons. The molecule has 5 aliphatic rings. The van der Waals surface area contributed by atoms with Crippen molar-refractivity contribution < 1.29 is 24.6 Å². The summed E-state index contributed by atoms with van der Waals surface area (Å²) in [7, 11) is 0. The normalized spacial score (nSPS) is 45.2. The van der Waals surface area contributed by atoms with Gasteiger partial charge in [-0.2, -0.15) is 0 Å². The maximum absolute atomic E-state index is 14.7. The number of ketones is 1. The summed E-state index contributed by atoms with van der Waals surface area (Å²) in [6.45, 7) is 18.2. The smallest absolute Gasteiger partial charge is 0.326 e. The van der Waals surface area contributed by atoms with Crippen LogP contribution < -0.4 is 5.32 Å². The maximum atomic E-state index is 14.7. The molecule has 1 amide bonds. The Labute approximate surface area is 276 Å². The third kappa shape index (κ3) is 4.70. The summed E-state index contributed by atoms with van der Waals surface area (Å²) in [6.07, 6.45) is 8.73. The molecule has 0 aliphatic heterocycles. The number of aliphatic hydroxyl groups excluding tert-OH is 1.